The lowest BCUT2D eigenvalue weighted by Crippen LogP contribution is -2.13. The first-order valence-corrected chi connectivity index (χ1v) is 8.74. The summed E-state index contributed by atoms with van der Waals surface area (Å²) in [5, 5.41) is 13.1. The van der Waals surface area contributed by atoms with E-state index in [4.69, 9.17) is 9.47 Å². The number of carbonyl (C=O) groups is 1. The van der Waals surface area contributed by atoms with E-state index in [9.17, 15) is 9.90 Å². The first-order chi connectivity index (χ1) is 12.0. The molecule has 2 N–H and O–H groups in total. The van der Waals surface area contributed by atoms with Gasteiger partial charge in [-0.1, -0.05) is 11.3 Å². The molecular weight excluding hydrogens is 410 g/mol. The maximum Gasteiger partial charge on any atom is 0.280 e. The number of pyridine rings is 1. The van der Waals surface area contributed by atoms with Gasteiger partial charge in [0.2, 0.25) is 0 Å². The summed E-state index contributed by atoms with van der Waals surface area (Å²) in [6, 6.07) is 3.35. The number of aryl methyl sites for hydroxylation is 1. The van der Waals surface area contributed by atoms with Crippen LogP contribution < -0.4 is 14.8 Å². The minimum Gasteiger partial charge on any atom is -0.503 e. The van der Waals surface area contributed by atoms with Crippen molar-refractivity contribution in [2.24, 2.45) is 0 Å². The lowest BCUT2D eigenvalue weighted by molar-refractivity contribution is 0.101. The molecule has 0 saturated heterocycles. The molecule has 0 radical (unpaired) electrons. The Bertz CT molecular complexity index is 974. The van der Waals surface area contributed by atoms with Gasteiger partial charge in [0, 0.05) is 17.8 Å². The van der Waals surface area contributed by atoms with Crippen LogP contribution in [-0.2, 0) is 0 Å². The number of aromatic hydroxyl groups is 1. The fourth-order valence-electron chi connectivity index (χ4n) is 2.39. The van der Waals surface area contributed by atoms with Crippen LogP contribution in [0.5, 0.6) is 17.2 Å². The second-order valence-corrected chi connectivity index (χ2v) is 6.93. The highest BCUT2D eigenvalue weighted by molar-refractivity contribution is 9.10. The lowest BCUT2D eigenvalue weighted by atomic mass is 10.2. The van der Waals surface area contributed by atoms with Crippen LogP contribution in [0.25, 0.3) is 10.2 Å². The Balaban J connectivity index is 1.96. The summed E-state index contributed by atoms with van der Waals surface area (Å²) in [7, 11) is 2.99. The number of amides is 1. The van der Waals surface area contributed by atoms with Gasteiger partial charge in [0.1, 0.15) is 5.75 Å². The Kier molecular flexibility index (Phi) is 4.78. The number of nitrogens with one attached hydrogen (secondary N) is 1. The SMILES string of the molecule is COc1ccnc(C(=O)Nc2nc3c(C)c(OC)c(Br)cc3s2)c1O. The minimum absolute atomic E-state index is 0.130. The second-order valence-electron chi connectivity index (χ2n) is 5.05. The first-order valence-electron chi connectivity index (χ1n) is 7.13. The van der Waals surface area contributed by atoms with Crippen LogP contribution in [0.1, 0.15) is 16.1 Å². The Morgan fingerprint density at radius 3 is 2.80 bits per heavy atom. The number of benzene rings is 1. The molecule has 2 aromatic heterocycles. The van der Waals surface area contributed by atoms with E-state index in [1.165, 1.54) is 30.7 Å². The summed E-state index contributed by atoms with van der Waals surface area (Å²) in [5.41, 5.74) is 1.48. The van der Waals surface area contributed by atoms with Crippen LogP contribution in [0.4, 0.5) is 5.13 Å². The summed E-state index contributed by atoms with van der Waals surface area (Å²) in [4.78, 5) is 20.7. The minimum atomic E-state index is -0.570. The third kappa shape index (κ3) is 3.12. The van der Waals surface area contributed by atoms with E-state index in [1.807, 2.05) is 13.0 Å². The van der Waals surface area contributed by atoms with Crippen LogP contribution in [0, 0.1) is 6.92 Å². The third-order valence-corrected chi connectivity index (χ3v) is 5.08. The van der Waals surface area contributed by atoms with Crippen molar-refractivity contribution in [2.75, 3.05) is 19.5 Å². The van der Waals surface area contributed by atoms with Crippen molar-refractivity contribution in [3.8, 4) is 17.2 Å². The molecule has 3 aromatic rings. The number of thiazole rings is 1. The molecule has 1 aromatic carbocycles. The van der Waals surface area contributed by atoms with Gasteiger partial charge in [-0.25, -0.2) is 9.97 Å². The van der Waals surface area contributed by atoms with Gasteiger partial charge in [-0.2, -0.15) is 0 Å². The number of hydrogen-bond donors (Lipinski definition) is 2. The van der Waals surface area contributed by atoms with E-state index in [0.29, 0.717) is 10.9 Å². The number of anilines is 1. The fourth-order valence-corrected chi connectivity index (χ4v) is 4.19. The van der Waals surface area contributed by atoms with Gasteiger partial charge < -0.3 is 14.6 Å². The van der Waals surface area contributed by atoms with Gasteiger partial charge in [0.15, 0.2) is 22.3 Å². The van der Waals surface area contributed by atoms with E-state index >= 15 is 0 Å². The van der Waals surface area contributed by atoms with Gasteiger partial charge in [-0.05, 0) is 28.9 Å². The smallest absolute Gasteiger partial charge is 0.280 e. The molecule has 0 saturated carbocycles. The van der Waals surface area contributed by atoms with Crippen molar-refractivity contribution in [3.63, 3.8) is 0 Å². The molecule has 0 fully saturated rings. The molecule has 3 rings (SSSR count). The quantitative estimate of drug-likeness (QED) is 0.663. The highest BCUT2D eigenvalue weighted by atomic mass is 79.9. The van der Waals surface area contributed by atoms with Gasteiger partial charge in [-0.3, -0.25) is 10.1 Å². The summed E-state index contributed by atoms with van der Waals surface area (Å²) >= 11 is 4.77. The molecule has 130 valence electrons. The molecule has 7 nitrogen and oxygen atoms in total. The van der Waals surface area contributed by atoms with Crippen LogP contribution in [0.2, 0.25) is 0 Å². The fraction of sp³-hybridized carbons (Fsp3) is 0.188. The summed E-state index contributed by atoms with van der Waals surface area (Å²) in [6.07, 6.45) is 1.39. The number of fused-ring (bicyclic) bond motifs is 1. The highest BCUT2D eigenvalue weighted by Crippen LogP contribution is 2.38. The average molecular weight is 424 g/mol. The zero-order chi connectivity index (χ0) is 18.1. The number of hydrogen-bond acceptors (Lipinski definition) is 7. The predicted octanol–water partition coefficient (Wildman–Crippen LogP) is 3.74. The maximum absolute atomic E-state index is 12.4. The van der Waals surface area contributed by atoms with Crippen molar-refractivity contribution in [2.45, 2.75) is 6.92 Å². The number of rotatable bonds is 4. The average Bonchev–Trinajstić information content (AvgIpc) is 2.97. The van der Waals surface area contributed by atoms with E-state index in [-0.39, 0.29) is 17.2 Å². The summed E-state index contributed by atoms with van der Waals surface area (Å²) in [5.74, 6) is -0.0138. The molecule has 0 spiro atoms. The zero-order valence-electron chi connectivity index (χ0n) is 13.6. The summed E-state index contributed by atoms with van der Waals surface area (Å²) < 4.78 is 12.1. The van der Waals surface area contributed by atoms with Gasteiger partial charge >= 0.3 is 0 Å². The maximum atomic E-state index is 12.4. The van der Waals surface area contributed by atoms with Crippen LogP contribution in [-0.4, -0.2) is 35.2 Å². The molecule has 0 bridgehead atoms. The molecule has 9 heteroatoms. The van der Waals surface area contributed by atoms with Crippen molar-refractivity contribution >= 4 is 48.5 Å². The molecule has 2 heterocycles. The highest BCUT2D eigenvalue weighted by Gasteiger charge is 2.19. The van der Waals surface area contributed by atoms with Crippen molar-refractivity contribution in [3.05, 3.63) is 34.1 Å². The molecule has 0 aliphatic rings. The normalized spacial score (nSPS) is 10.7. The number of halogens is 1. The lowest BCUT2D eigenvalue weighted by Gasteiger charge is -2.07. The Morgan fingerprint density at radius 2 is 2.12 bits per heavy atom. The Hall–Kier alpha value is -2.39. The molecule has 25 heavy (non-hydrogen) atoms. The van der Waals surface area contributed by atoms with E-state index in [1.54, 1.807) is 7.11 Å². The standard InChI is InChI=1S/C16H14BrN3O4S/c1-7-11-10(6-8(17)14(7)24-3)25-16(19-11)20-15(22)12-13(21)9(23-2)4-5-18-12/h4-6,21H,1-3H3,(H,19,20,22). The van der Waals surface area contributed by atoms with Crippen molar-refractivity contribution in [1.29, 1.82) is 0 Å². The van der Waals surface area contributed by atoms with Crippen LogP contribution in [0.15, 0.2) is 22.8 Å². The molecule has 0 atom stereocenters. The second kappa shape index (κ2) is 6.85. The molecule has 1 amide bonds. The van der Waals surface area contributed by atoms with Crippen LogP contribution in [0.3, 0.4) is 0 Å². The Morgan fingerprint density at radius 1 is 1.36 bits per heavy atom. The largest absolute Gasteiger partial charge is 0.503 e. The predicted molar refractivity (Wildman–Crippen MR) is 99.0 cm³/mol. The number of aromatic nitrogens is 2. The number of carbonyl (C=O) groups excluding carboxylic acids is 1. The monoisotopic (exact) mass is 423 g/mol. The number of methoxy groups -OCH3 is 2. The molecule has 0 unspecified atom stereocenters. The topological polar surface area (TPSA) is 93.6 Å². The summed E-state index contributed by atoms with van der Waals surface area (Å²) in [6.45, 7) is 1.90. The van der Waals surface area contributed by atoms with Crippen LogP contribution >= 0.6 is 27.3 Å². The molecule has 0 aliphatic heterocycles. The van der Waals surface area contributed by atoms with E-state index < -0.39 is 5.91 Å². The first kappa shape index (κ1) is 17.4. The van der Waals surface area contributed by atoms with E-state index in [2.05, 4.69) is 31.2 Å². The van der Waals surface area contributed by atoms with Gasteiger partial charge in [0.25, 0.3) is 5.91 Å². The third-order valence-electron chi connectivity index (χ3n) is 3.57. The van der Waals surface area contributed by atoms with Gasteiger partial charge in [0.05, 0.1) is 28.9 Å². The molecule has 0 aliphatic carbocycles. The van der Waals surface area contributed by atoms with Crippen molar-refractivity contribution in [1.82, 2.24) is 9.97 Å². The molecular formula is C16H14BrN3O4S. The number of ether oxygens (including phenoxy) is 2. The zero-order valence-corrected chi connectivity index (χ0v) is 16.0. The Labute approximate surface area is 155 Å². The van der Waals surface area contributed by atoms with Gasteiger partial charge in [-0.15, -0.1) is 0 Å². The van der Waals surface area contributed by atoms with Crippen molar-refractivity contribution < 1.29 is 19.4 Å². The van der Waals surface area contributed by atoms with E-state index in [0.717, 1.165) is 20.3 Å². The number of nitrogens with zero attached hydrogens (tertiary/aromatic N) is 2.